The van der Waals surface area contributed by atoms with E-state index < -0.39 is 0 Å². The SMILES string of the molecule is CC(C)CN1CCC[C@]2(CCN(C(=O)Cc3cccs3)C2)C1. The normalized spacial score (nSPS) is 26.2. The molecule has 1 aromatic heterocycles. The van der Waals surface area contributed by atoms with Gasteiger partial charge in [-0.3, -0.25) is 4.79 Å². The average molecular weight is 321 g/mol. The lowest BCUT2D eigenvalue weighted by Gasteiger charge is -2.41. The summed E-state index contributed by atoms with van der Waals surface area (Å²) in [5, 5.41) is 2.05. The zero-order chi connectivity index (χ0) is 15.6. The third-order valence-corrected chi connectivity index (χ3v) is 5.94. The molecule has 2 aliphatic rings. The summed E-state index contributed by atoms with van der Waals surface area (Å²) in [6.45, 7) is 10.2. The van der Waals surface area contributed by atoms with Crippen LogP contribution in [0.2, 0.25) is 0 Å². The number of nitrogens with zero attached hydrogens (tertiary/aromatic N) is 2. The minimum absolute atomic E-state index is 0.320. The number of carbonyl (C=O) groups excluding carboxylic acids is 1. The minimum Gasteiger partial charge on any atom is -0.342 e. The lowest BCUT2D eigenvalue weighted by Crippen LogP contribution is -2.46. The van der Waals surface area contributed by atoms with E-state index in [1.165, 1.54) is 43.8 Å². The Morgan fingerprint density at radius 1 is 1.32 bits per heavy atom. The molecule has 2 saturated heterocycles. The molecule has 1 atom stereocenters. The molecule has 3 nitrogen and oxygen atoms in total. The van der Waals surface area contributed by atoms with Crippen LogP contribution >= 0.6 is 11.3 Å². The van der Waals surface area contributed by atoms with Crippen LogP contribution in [0, 0.1) is 11.3 Å². The Morgan fingerprint density at radius 3 is 2.91 bits per heavy atom. The Labute approximate surface area is 138 Å². The smallest absolute Gasteiger partial charge is 0.227 e. The fourth-order valence-electron chi connectivity index (χ4n) is 4.14. The molecule has 1 spiro atoms. The van der Waals surface area contributed by atoms with Crippen molar-refractivity contribution in [1.29, 1.82) is 0 Å². The predicted octanol–water partition coefficient (Wildman–Crippen LogP) is 3.26. The Bertz CT molecular complexity index is 499. The molecular weight excluding hydrogens is 292 g/mol. The van der Waals surface area contributed by atoms with Crippen LogP contribution in [0.3, 0.4) is 0 Å². The third-order valence-electron chi connectivity index (χ3n) is 5.06. The summed E-state index contributed by atoms with van der Waals surface area (Å²) in [5.74, 6) is 1.05. The second-order valence-electron chi connectivity index (χ2n) is 7.55. The van der Waals surface area contributed by atoms with Gasteiger partial charge in [-0.1, -0.05) is 19.9 Å². The van der Waals surface area contributed by atoms with Gasteiger partial charge in [-0.25, -0.2) is 0 Å². The summed E-state index contributed by atoms with van der Waals surface area (Å²) in [7, 11) is 0. The van der Waals surface area contributed by atoms with Crippen molar-refractivity contribution in [3.8, 4) is 0 Å². The highest BCUT2D eigenvalue weighted by Crippen LogP contribution is 2.39. The van der Waals surface area contributed by atoms with Crippen LogP contribution in [-0.4, -0.2) is 48.4 Å². The van der Waals surface area contributed by atoms with Gasteiger partial charge in [0.1, 0.15) is 0 Å². The summed E-state index contributed by atoms with van der Waals surface area (Å²) >= 11 is 1.69. The molecular formula is C18H28N2OS. The maximum atomic E-state index is 12.5. The van der Waals surface area contributed by atoms with Crippen molar-refractivity contribution in [2.24, 2.45) is 11.3 Å². The van der Waals surface area contributed by atoms with Crippen LogP contribution in [0.15, 0.2) is 17.5 Å². The van der Waals surface area contributed by atoms with Crippen molar-refractivity contribution < 1.29 is 4.79 Å². The number of hydrogen-bond donors (Lipinski definition) is 0. The lowest BCUT2D eigenvalue weighted by atomic mass is 9.79. The van der Waals surface area contributed by atoms with Crippen molar-refractivity contribution in [2.45, 2.75) is 39.5 Å². The van der Waals surface area contributed by atoms with Gasteiger partial charge in [0.25, 0.3) is 0 Å². The van der Waals surface area contributed by atoms with E-state index in [1.54, 1.807) is 11.3 Å². The van der Waals surface area contributed by atoms with Crippen LogP contribution < -0.4 is 0 Å². The van der Waals surface area contributed by atoms with Crippen LogP contribution in [0.4, 0.5) is 0 Å². The highest BCUT2D eigenvalue weighted by atomic mass is 32.1. The van der Waals surface area contributed by atoms with Crippen LogP contribution in [0.1, 0.15) is 38.0 Å². The third kappa shape index (κ3) is 3.72. The van der Waals surface area contributed by atoms with E-state index in [9.17, 15) is 4.79 Å². The van der Waals surface area contributed by atoms with Gasteiger partial charge < -0.3 is 9.80 Å². The van der Waals surface area contributed by atoms with Crippen molar-refractivity contribution in [3.05, 3.63) is 22.4 Å². The predicted molar refractivity (Wildman–Crippen MR) is 92.2 cm³/mol. The molecule has 0 aliphatic carbocycles. The molecule has 0 saturated carbocycles. The van der Waals surface area contributed by atoms with Crippen molar-refractivity contribution >= 4 is 17.2 Å². The fourth-order valence-corrected chi connectivity index (χ4v) is 4.83. The molecule has 0 N–H and O–H groups in total. The second-order valence-corrected chi connectivity index (χ2v) is 8.59. The Hall–Kier alpha value is -0.870. The van der Waals surface area contributed by atoms with Crippen molar-refractivity contribution in [3.63, 3.8) is 0 Å². The van der Waals surface area contributed by atoms with E-state index in [0.717, 1.165) is 19.0 Å². The van der Waals surface area contributed by atoms with E-state index in [2.05, 4.69) is 35.1 Å². The maximum Gasteiger partial charge on any atom is 0.227 e. The molecule has 3 rings (SSSR count). The van der Waals surface area contributed by atoms with Gasteiger partial charge in [0.15, 0.2) is 0 Å². The average Bonchev–Trinajstić information content (AvgIpc) is 3.09. The lowest BCUT2D eigenvalue weighted by molar-refractivity contribution is -0.130. The maximum absolute atomic E-state index is 12.5. The first-order chi connectivity index (χ1) is 10.6. The Morgan fingerprint density at radius 2 is 2.18 bits per heavy atom. The summed E-state index contributed by atoms with van der Waals surface area (Å²) in [4.78, 5) is 18.5. The van der Waals surface area contributed by atoms with Gasteiger partial charge in [-0.2, -0.15) is 0 Å². The standard InChI is InChI=1S/C18H28N2OS/c1-15(2)12-19-8-4-6-18(13-19)7-9-20(14-18)17(21)11-16-5-3-10-22-16/h3,5,10,15H,4,6-9,11-14H2,1-2H3/t18-/m0/s1. The molecule has 0 radical (unpaired) electrons. The topological polar surface area (TPSA) is 23.6 Å². The van der Waals surface area contributed by atoms with E-state index in [-0.39, 0.29) is 0 Å². The van der Waals surface area contributed by atoms with Gasteiger partial charge in [-0.05, 0) is 43.2 Å². The molecule has 122 valence electrons. The zero-order valence-corrected chi connectivity index (χ0v) is 14.7. The van der Waals surface area contributed by atoms with Gasteiger partial charge in [0.2, 0.25) is 5.91 Å². The largest absolute Gasteiger partial charge is 0.342 e. The molecule has 1 aromatic rings. The van der Waals surface area contributed by atoms with E-state index >= 15 is 0 Å². The molecule has 4 heteroatoms. The first-order valence-corrected chi connectivity index (χ1v) is 9.47. The Balaban J connectivity index is 1.57. The summed E-state index contributed by atoms with van der Waals surface area (Å²) in [6.07, 6.45) is 4.37. The zero-order valence-electron chi connectivity index (χ0n) is 13.9. The van der Waals surface area contributed by atoms with Gasteiger partial charge in [-0.15, -0.1) is 11.3 Å². The highest BCUT2D eigenvalue weighted by molar-refractivity contribution is 7.10. The fraction of sp³-hybridized carbons (Fsp3) is 0.722. The first-order valence-electron chi connectivity index (χ1n) is 8.59. The number of amides is 1. The number of carbonyl (C=O) groups is 1. The molecule has 0 aromatic carbocycles. The number of thiophene rings is 1. The van der Waals surface area contributed by atoms with Crippen molar-refractivity contribution in [1.82, 2.24) is 9.80 Å². The molecule has 0 unspecified atom stereocenters. The number of rotatable bonds is 4. The summed E-state index contributed by atoms with van der Waals surface area (Å²) < 4.78 is 0. The highest BCUT2D eigenvalue weighted by Gasteiger charge is 2.42. The van der Waals surface area contributed by atoms with Crippen LogP contribution in [0.5, 0.6) is 0 Å². The van der Waals surface area contributed by atoms with E-state index in [1.807, 2.05) is 6.07 Å². The Kier molecular flexibility index (Phi) is 4.88. The molecule has 2 aliphatic heterocycles. The number of piperidine rings is 1. The molecule has 3 heterocycles. The first kappa shape index (κ1) is 16.0. The molecule has 1 amide bonds. The van der Waals surface area contributed by atoms with Crippen LogP contribution in [0.25, 0.3) is 0 Å². The number of hydrogen-bond acceptors (Lipinski definition) is 3. The number of likely N-dealkylation sites (tertiary alicyclic amines) is 2. The molecule has 22 heavy (non-hydrogen) atoms. The van der Waals surface area contributed by atoms with E-state index in [0.29, 0.717) is 17.7 Å². The second kappa shape index (κ2) is 6.71. The molecule has 0 bridgehead atoms. The van der Waals surface area contributed by atoms with Crippen molar-refractivity contribution in [2.75, 3.05) is 32.7 Å². The summed E-state index contributed by atoms with van der Waals surface area (Å²) in [5.41, 5.74) is 0.373. The van der Waals surface area contributed by atoms with Gasteiger partial charge >= 0.3 is 0 Å². The minimum atomic E-state index is 0.320. The summed E-state index contributed by atoms with van der Waals surface area (Å²) in [6, 6.07) is 4.10. The van der Waals surface area contributed by atoms with Gasteiger partial charge in [0, 0.05) is 36.5 Å². The van der Waals surface area contributed by atoms with Crippen LogP contribution in [-0.2, 0) is 11.2 Å². The van der Waals surface area contributed by atoms with E-state index in [4.69, 9.17) is 0 Å². The molecule has 2 fully saturated rings. The van der Waals surface area contributed by atoms with Gasteiger partial charge in [0.05, 0.1) is 6.42 Å². The quantitative estimate of drug-likeness (QED) is 0.850. The monoisotopic (exact) mass is 320 g/mol.